The molecule has 7 heteroatoms. The summed E-state index contributed by atoms with van der Waals surface area (Å²) < 4.78 is 25.1. The van der Waals surface area contributed by atoms with Gasteiger partial charge in [-0.05, 0) is 29.3 Å². The van der Waals surface area contributed by atoms with Crippen LogP contribution in [0.4, 0.5) is 4.39 Å². The van der Waals surface area contributed by atoms with Crippen molar-refractivity contribution in [2.45, 2.75) is 13.0 Å². The Kier molecular flexibility index (Phi) is 3.51. The summed E-state index contributed by atoms with van der Waals surface area (Å²) in [4.78, 5) is 4.13. The molecule has 2 heterocycles. The molecule has 0 fully saturated rings. The Morgan fingerprint density at radius 2 is 2.12 bits per heavy atom. The molecule has 0 amide bonds. The van der Waals surface area contributed by atoms with E-state index in [2.05, 4.69) is 10.1 Å². The van der Waals surface area contributed by atoms with Crippen LogP contribution in [-0.4, -0.2) is 16.7 Å². The molecule has 2 N–H and O–H groups in total. The van der Waals surface area contributed by atoms with E-state index in [9.17, 15) is 4.39 Å². The van der Waals surface area contributed by atoms with Crippen LogP contribution in [0.2, 0.25) is 5.02 Å². The maximum atomic E-state index is 14.6. The van der Waals surface area contributed by atoms with Gasteiger partial charge < -0.3 is 15.0 Å². The summed E-state index contributed by atoms with van der Waals surface area (Å²) in [5.74, 6) is 0.704. The molecule has 1 aromatic heterocycles. The van der Waals surface area contributed by atoms with Crippen molar-refractivity contribution in [3.8, 4) is 28.3 Å². The van der Waals surface area contributed by atoms with Crippen molar-refractivity contribution in [1.82, 2.24) is 10.1 Å². The van der Waals surface area contributed by atoms with Crippen LogP contribution < -0.4 is 10.5 Å². The first-order valence-electron chi connectivity index (χ1n) is 7.35. The van der Waals surface area contributed by atoms with E-state index < -0.39 is 5.82 Å². The Labute approximate surface area is 142 Å². The fourth-order valence-electron chi connectivity index (χ4n) is 2.83. The Balaban J connectivity index is 1.92. The first-order chi connectivity index (χ1) is 11.5. The fraction of sp³-hybridized carbons (Fsp3) is 0.176. The van der Waals surface area contributed by atoms with Gasteiger partial charge in [0, 0.05) is 17.5 Å². The van der Waals surface area contributed by atoms with E-state index in [1.54, 1.807) is 13.0 Å². The molecular weight excluding hydrogens is 333 g/mol. The first-order valence-corrected chi connectivity index (χ1v) is 7.73. The van der Waals surface area contributed by atoms with Crippen molar-refractivity contribution < 1.29 is 13.7 Å². The standard InChI is InChI=1S/C17H13ClFN3O2/c1-8-21-17(22-24-8)16-12(5-10(18)6-13(16)19)9-2-3-11-14(20)7-23-15(11)4-9/h2-6,14H,7,20H2,1H3. The van der Waals surface area contributed by atoms with E-state index in [0.717, 1.165) is 11.1 Å². The Morgan fingerprint density at radius 3 is 2.88 bits per heavy atom. The number of ether oxygens (including phenoxy) is 1. The average molecular weight is 346 g/mol. The average Bonchev–Trinajstić information content (AvgIpc) is 3.13. The van der Waals surface area contributed by atoms with Gasteiger partial charge in [0.05, 0.1) is 11.6 Å². The lowest BCUT2D eigenvalue weighted by Crippen LogP contribution is -2.10. The molecule has 0 aliphatic carbocycles. The van der Waals surface area contributed by atoms with E-state index in [0.29, 0.717) is 23.8 Å². The number of fused-ring (bicyclic) bond motifs is 1. The Morgan fingerprint density at radius 1 is 1.29 bits per heavy atom. The topological polar surface area (TPSA) is 74.2 Å². The normalized spacial score (nSPS) is 16.1. The molecule has 24 heavy (non-hydrogen) atoms. The minimum atomic E-state index is -0.517. The van der Waals surface area contributed by atoms with E-state index in [4.69, 9.17) is 26.6 Å². The molecular formula is C17H13ClFN3O2. The number of aryl methyl sites for hydroxylation is 1. The minimum Gasteiger partial charge on any atom is -0.491 e. The highest BCUT2D eigenvalue weighted by Crippen LogP contribution is 2.39. The zero-order valence-corrected chi connectivity index (χ0v) is 13.5. The SMILES string of the molecule is Cc1nc(-c2c(F)cc(Cl)cc2-c2ccc3c(c2)OCC3N)no1. The number of benzene rings is 2. The third-order valence-electron chi connectivity index (χ3n) is 3.95. The number of halogens is 2. The second-order valence-electron chi connectivity index (χ2n) is 5.62. The van der Waals surface area contributed by atoms with Crippen LogP contribution in [0, 0.1) is 12.7 Å². The lowest BCUT2D eigenvalue weighted by atomic mass is 9.96. The van der Waals surface area contributed by atoms with Gasteiger partial charge >= 0.3 is 0 Å². The smallest absolute Gasteiger partial charge is 0.223 e. The third-order valence-corrected chi connectivity index (χ3v) is 4.17. The Bertz CT molecular complexity index is 942. The molecule has 0 bridgehead atoms. The molecule has 0 radical (unpaired) electrons. The van der Waals surface area contributed by atoms with Crippen molar-refractivity contribution in [1.29, 1.82) is 0 Å². The summed E-state index contributed by atoms with van der Waals surface area (Å²) in [5.41, 5.74) is 8.43. The van der Waals surface area contributed by atoms with Crippen LogP contribution in [0.3, 0.4) is 0 Å². The van der Waals surface area contributed by atoms with Gasteiger partial charge in [-0.15, -0.1) is 0 Å². The van der Waals surface area contributed by atoms with Gasteiger partial charge in [0.25, 0.3) is 0 Å². The van der Waals surface area contributed by atoms with Gasteiger partial charge in [-0.1, -0.05) is 28.9 Å². The second-order valence-corrected chi connectivity index (χ2v) is 6.05. The molecule has 5 nitrogen and oxygen atoms in total. The van der Waals surface area contributed by atoms with Crippen LogP contribution >= 0.6 is 11.6 Å². The van der Waals surface area contributed by atoms with Crippen molar-refractivity contribution in [2.24, 2.45) is 5.73 Å². The van der Waals surface area contributed by atoms with Crippen LogP contribution in [0.5, 0.6) is 5.75 Å². The number of hydrogen-bond acceptors (Lipinski definition) is 5. The maximum Gasteiger partial charge on any atom is 0.223 e. The van der Waals surface area contributed by atoms with Gasteiger partial charge in [-0.25, -0.2) is 4.39 Å². The molecule has 1 aliphatic heterocycles. The fourth-order valence-corrected chi connectivity index (χ4v) is 3.04. The molecule has 122 valence electrons. The third kappa shape index (κ3) is 2.44. The molecule has 0 spiro atoms. The summed E-state index contributed by atoms with van der Waals surface area (Å²) in [6, 6.07) is 8.31. The van der Waals surface area contributed by atoms with Gasteiger partial charge in [0.2, 0.25) is 11.7 Å². The van der Waals surface area contributed by atoms with E-state index in [-0.39, 0.29) is 22.5 Å². The van der Waals surface area contributed by atoms with Crippen molar-refractivity contribution >= 4 is 11.6 Å². The molecule has 0 saturated carbocycles. The van der Waals surface area contributed by atoms with E-state index >= 15 is 0 Å². The second kappa shape index (κ2) is 5.58. The molecule has 4 rings (SSSR count). The molecule has 0 saturated heterocycles. The Hall–Kier alpha value is -2.44. The summed E-state index contributed by atoms with van der Waals surface area (Å²) in [6.45, 7) is 2.08. The van der Waals surface area contributed by atoms with Gasteiger partial charge in [0.15, 0.2) is 0 Å². The first kappa shape index (κ1) is 15.1. The van der Waals surface area contributed by atoms with Gasteiger partial charge in [-0.2, -0.15) is 4.98 Å². The summed E-state index contributed by atoms with van der Waals surface area (Å²) in [5, 5.41) is 4.11. The van der Waals surface area contributed by atoms with E-state index in [1.807, 2.05) is 18.2 Å². The predicted molar refractivity (Wildman–Crippen MR) is 87.3 cm³/mol. The molecule has 3 aromatic rings. The van der Waals surface area contributed by atoms with E-state index in [1.165, 1.54) is 6.07 Å². The number of aromatic nitrogens is 2. The number of nitrogens with two attached hydrogens (primary N) is 1. The summed E-state index contributed by atoms with van der Waals surface area (Å²) in [6.07, 6.45) is 0. The van der Waals surface area contributed by atoms with Crippen molar-refractivity contribution in [3.63, 3.8) is 0 Å². The quantitative estimate of drug-likeness (QED) is 0.762. The molecule has 1 unspecified atom stereocenters. The highest BCUT2D eigenvalue weighted by molar-refractivity contribution is 6.31. The number of rotatable bonds is 2. The lowest BCUT2D eigenvalue weighted by Gasteiger charge is -2.11. The van der Waals surface area contributed by atoms with Crippen molar-refractivity contribution in [2.75, 3.05) is 6.61 Å². The van der Waals surface area contributed by atoms with Crippen LogP contribution in [0.25, 0.3) is 22.5 Å². The summed E-state index contributed by atoms with van der Waals surface area (Å²) in [7, 11) is 0. The highest BCUT2D eigenvalue weighted by atomic mass is 35.5. The molecule has 1 aliphatic rings. The zero-order valence-electron chi connectivity index (χ0n) is 12.7. The van der Waals surface area contributed by atoms with Crippen LogP contribution in [0.1, 0.15) is 17.5 Å². The van der Waals surface area contributed by atoms with Gasteiger partial charge in [0.1, 0.15) is 18.2 Å². The van der Waals surface area contributed by atoms with Crippen LogP contribution in [-0.2, 0) is 0 Å². The van der Waals surface area contributed by atoms with Crippen LogP contribution in [0.15, 0.2) is 34.9 Å². The lowest BCUT2D eigenvalue weighted by molar-refractivity contribution is 0.333. The zero-order chi connectivity index (χ0) is 16.8. The van der Waals surface area contributed by atoms with Crippen molar-refractivity contribution in [3.05, 3.63) is 52.6 Å². The largest absolute Gasteiger partial charge is 0.491 e. The number of nitrogens with zero attached hydrogens (tertiary/aromatic N) is 2. The maximum absolute atomic E-state index is 14.6. The predicted octanol–water partition coefficient (Wildman–Crippen LogP) is 3.90. The molecule has 1 atom stereocenters. The summed E-state index contributed by atoms with van der Waals surface area (Å²) >= 11 is 6.05. The highest BCUT2D eigenvalue weighted by Gasteiger charge is 2.23. The monoisotopic (exact) mass is 345 g/mol. The number of hydrogen-bond donors (Lipinski definition) is 1. The molecule has 2 aromatic carbocycles. The van der Waals surface area contributed by atoms with Gasteiger partial charge in [-0.3, -0.25) is 0 Å². The minimum absolute atomic E-state index is 0.149.